The van der Waals surface area contributed by atoms with E-state index in [0.29, 0.717) is 0 Å². The van der Waals surface area contributed by atoms with E-state index < -0.39 is 33.5 Å². The van der Waals surface area contributed by atoms with Crippen molar-refractivity contribution in [1.29, 1.82) is 0 Å². The molecule has 0 unspecified atom stereocenters. The van der Waals surface area contributed by atoms with Gasteiger partial charge in [-0.1, -0.05) is 48.5 Å². The molecule has 2 aromatic carbocycles. The molecule has 0 radical (unpaired) electrons. The van der Waals surface area contributed by atoms with Crippen LogP contribution in [-0.2, 0) is 24.1 Å². The topological polar surface area (TPSA) is 43.4 Å². The van der Waals surface area contributed by atoms with Gasteiger partial charge in [0.25, 0.3) is 0 Å². The minimum Gasteiger partial charge on any atom is -0.393 e. The summed E-state index contributed by atoms with van der Waals surface area (Å²) in [6, 6.07) is 15.0. The number of hydrogen-bond donors (Lipinski definition) is 0. The average molecular weight is 345 g/mol. The van der Waals surface area contributed by atoms with Crippen molar-refractivity contribution >= 4 is 35.1 Å². The van der Waals surface area contributed by atoms with E-state index in [9.17, 15) is 9.59 Å². The van der Waals surface area contributed by atoms with Crippen LogP contribution in [0.15, 0.2) is 48.5 Å². The van der Waals surface area contributed by atoms with E-state index in [4.69, 9.17) is 27.9 Å². The van der Waals surface area contributed by atoms with E-state index in [0.717, 1.165) is 22.3 Å². The van der Waals surface area contributed by atoms with Gasteiger partial charge >= 0.3 is 11.9 Å². The maximum atomic E-state index is 12.4. The fourth-order valence-corrected chi connectivity index (χ4v) is 5.57. The Bertz CT molecular complexity index is 785. The molecule has 0 spiro atoms. The van der Waals surface area contributed by atoms with Crippen molar-refractivity contribution in [3.8, 4) is 0 Å². The van der Waals surface area contributed by atoms with E-state index in [-0.39, 0.29) is 0 Å². The van der Waals surface area contributed by atoms with Crippen LogP contribution in [0.3, 0.4) is 0 Å². The zero-order valence-electron chi connectivity index (χ0n) is 11.8. The van der Waals surface area contributed by atoms with Gasteiger partial charge in [0, 0.05) is 0 Å². The van der Waals surface area contributed by atoms with Crippen molar-refractivity contribution in [3.05, 3.63) is 70.8 Å². The highest BCUT2D eigenvalue weighted by molar-refractivity contribution is 6.35. The Labute approximate surface area is 142 Å². The molecule has 0 aromatic heterocycles. The zero-order chi connectivity index (χ0) is 16.0. The fourth-order valence-electron chi connectivity index (χ4n) is 4.48. The Morgan fingerprint density at radius 3 is 1.30 bits per heavy atom. The third kappa shape index (κ3) is 1.28. The van der Waals surface area contributed by atoms with Crippen molar-refractivity contribution in [1.82, 2.24) is 0 Å². The molecule has 3 aliphatic carbocycles. The maximum Gasteiger partial charge on any atom is 0.320 e. The summed E-state index contributed by atoms with van der Waals surface area (Å²) in [5.41, 5.74) is 3.12. The fraction of sp³-hybridized carbons (Fsp3) is 0.222. The summed E-state index contributed by atoms with van der Waals surface area (Å²) in [5, 5.41) is 0. The van der Waals surface area contributed by atoms with Gasteiger partial charge in [-0.15, -0.1) is 23.2 Å². The molecule has 2 atom stereocenters. The number of halogens is 2. The highest BCUT2D eigenvalue weighted by Gasteiger charge is 2.72. The molecule has 2 aromatic rings. The normalized spacial score (nSPS) is 36.3. The summed E-state index contributed by atoms with van der Waals surface area (Å²) in [4.78, 5) is 22.5. The molecule has 114 valence electrons. The molecule has 5 heteroatoms. The predicted molar refractivity (Wildman–Crippen MR) is 84.2 cm³/mol. The smallest absolute Gasteiger partial charge is 0.320 e. The molecule has 0 N–H and O–H groups in total. The second kappa shape index (κ2) is 3.97. The highest BCUT2D eigenvalue weighted by Crippen LogP contribution is 2.69. The Balaban J connectivity index is 1.99. The molecule has 3 nitrogen and oxygen atoms in total. The van der Waals surface area contributed by atoms with Crippen molar-refractivity contribution in [2.24, 2.45) is 11.8 Å². The lowest BCUT2D eigenvalue weighted by atomic mass is 9.54. The van der Waals surface area contributed by atoms with E-state index in [1.54, 1.807) is 0 Å². The minimum absolute atomic E-state index is 0.593. The Morgan fingerprint density at radius 1 is 0.696 bits per heavy atom. The Hall–Kier alpha value is -1.84. The molecule has 1 heterocycles. The lowest BCUT2D eigenvalue weighted by Gasteiger charge is -2.54. The van der Waals surface area contributed by atoms with Gasteiger partial charge in [-0.2, -0.15) is 0 Å². The first-order valence-corrected chi connectivity index (χ1v) is 8.09. The van der Waals surface area contributed by atoms with Gasteiger partial charge in [-0.05, 0) is 22.3 Å². The molecule has 1 fully saturated rings. The van der Waals surface area contributed by atoms with Crippen molar-refractivity contribution in [2.45, 2.75) is 9.75 Å². The first-order valence-electron chi connectivity index (χ1n) is 7.34. The monoisotopic (exact) mass is 344 g/mol. The number of hydrogen-bond acceptors (Lipinski definition) is 3. The Kier molecular flexibility index (Phi) is 2.35. The van der Waals surface area contributed by atoms with Gasteiger partial charge in [0.15, 0.2) is 0 Å². The van der Waals surface area contributed by atoms with Gasteiger partial charge in [0.2, 0.25) is 0 Å². The third-order valence-electron chi connectivity index (χ3n) is 5.32. The van der Waals surface area contributed by atoms with E-state index >= 15 is 0 Å². The standard InChI is InChI=1S/C18H10Cl2O3/c19-17-9-5-1-2-6-10(9)18(20,12-8-4-3-7-11(12)17)14-13(17)15(21)23-16(14)22/h1-8,13-14H/t13-,14-,17?,18?/m1/s1. The quantitative estimate of drug-likeness (QED) is 0.418. The van der Waals surface area contributed by atoms with Crippen molar-refractivity contribution in [3.63, 3.8) is 0 Å². The molecule has 0 amide bonds. The third-order valence-corrected chi connectivity index (χ3v) is 6.61. The number of esters is 2. The number of carbonyl (C=O) groups excluding carboxylic acids is 2. The van der Waals surface area contributed by atoms with Crippen LogP contribution in [0.5, 0.6) is 0 Å². The van der Waals surface area contributed by atoms with E-state index in [1.165, 1.54) is 0 Å². The van der Waals surface area contributed by atoms with Gasteiger partial charge in [-0.3, -0.25) is 9.59 Å². The van der Waals surface area contributed by atoms with Gasteiger partial charge in [0.05, 0.1) is 0 Å². The van der Waals surface area contributed by atoms with Crippen LogP contribution in [0.1, 0.15) is 22.3 Å². The second-order valence-corrected chi connectivity index (χ2v) is 7.40. The molecule has 1 saturated heterocycles. The van der Waals surface area contributed by atoms with Crippen LogP contribution in [-0.4, -0.2) is 11.9 Å². The number of cyclic esters (lactones) is 2. The average Bonchev–Trinajstić information content (AvgIpc) is 2.88. The van der Waals surface area contributed by atoms with Gasteiger partial charge in [-0.25, -0.2) is 0 Å². The number of rotatable bonds is 0. The van der Waals surface area contributed by atoms with Gasteiger partial charge in [0.1, 0.15) is 21.6 Å². The van der Waals surface area contributed by atoms with Gasteiger partial charge < -0.3 is 4.74 Å². The number of carbonyl (C=O) groups is 2. The lowest BCUT2D eigenvalue weighted by molar-refractivity contribution is -0.154. The summed E-state index contributed by atoms with van der Waals surface area (Å²) in [5.74, 6) is -2.80. The van der Waals surface area contributed by atoms with Crippen LogP contribution in [0.25, 0.3) is 0 Å². The maximum absolute atomic E-state index is 12.4. The van der Waals surface area contributed by atoms with Crippen LogP contribution in [0.2, 0.25) is 0 Å². The SMILES string of the molecule is O=C1OC(=O)[C@H]2[C@H]1C1(Cl)c3ccccc3C2(Cl)c2ccccc21. The first kappa shape index (κ1) is 13.6. The number of ether oxygens (including phenoxy) is 1. The molecular formula is C18H10Cl2O3. The van der Waals surface area contributed by atoms with E-state index in [2.05, 4.69) is 0 Å². The lowest BCUT2D eigenvalue weighted by Crippen LogP contribution is -2.57. The summed E-state index contributed by atoms with van der Waals surface area (Å²) in [6.07, 6.45) is 0. The van der Waals surface area contributed by atoms with Crippen LogP contribution in [0, 0.1) is 11.8 Å². The molecule has 0 saturated carbocycles. The molecule has 1 aliphatic heterocycles. The molecule has 23 heavy (non-hydrogen) atoms. The molecule has 2 bridgehead atoms. The van der Waals surface area contributed by atoms with Crippen molar-refractivity contribution in [2.75, 3.05) is 0 Å². The van der Waals surface area contributed by atoms with Crippen LogP contribution >= 0.6 is 23.2 Å². The summed E-state index contributed by atoms with van der Waals surface area (Å²) >= 11 is 14.1. The predicted octanol–water partition coefficient (Wildman–Crippen LogP) is 3.29. The van der Waals surface area contributed by atoms with Crippen LogP contribution < -0.4 is 0 Å². The number of benzene rings is 2. The summed E-state index contributed by atoms with van der Waals surface area (Å²) in [6.45, 7) is 0. The number of alkyl halides is 2. The molecule has 4 aliphatic rings. The van der Waals surface area contributed by atoms with Crippen molar-refractivity contribution < 1.29 is 14.3 Å². The second-order valence-electron chi connectivity index (χ2n) is 6.21. The highest BCUT2D eigenvalue weighted by atomic mass is 35.5. The largest absolute Gasteiger partial charge is 0.393 e. The Morgan fingerprint density at radius 2 is 1.00 bits per heavy atom. The van der Waals surface area contributed by atoms with Crippen LogP contribution in [0.4, 0.5) is 0 Å². The first-order chi connectivity index (χ1) is 11.0. The summed E-state index contributed by atoms with van der Waals surface area (Å²) in [7, 11) is 0. The zero-order valence-corrected chi connectivity index (χ0v) is 13.3. The van der Waals surface area contributed by atoms with E-state index in [1.807, 2.05) is 48.5 Å². The molecule has 6 rings (SSSR count). The minimum atomic E-state index is -1.13. The molecular weight excluding hydrogens is 335 g/mol. The summed E-state index contributed by atoms with van der Waals surface area (Å²) < 4.78 is 4.94.